The van der Waals surface area contributed by atoms with E-state index in [4.69, 9.17) is 5.73 Å². The van der Waals surface area contributed by atoms with Crippen LogP contribution in [0.4, 0.5) is 0 Å². The molecule has 0 saturated heterocycles. The van der Waals surface area contributed by atoms with Crippen molar-refractivity contribution in [3.8, 4) is 0 Å². The van der Waals surface area contributed by atoms with Crippen LogP contribution < -0.4 is 11.1 Å². The molecule has 1 aliphatic carbocycles. The fraction of sp³-hybridized carbons (Fsp3) is 0.929. The summed E-state index contributed by atoms with van der Waals surface area (Å²) in [5, 5.41) is 3.15. The van der Waals surface area contributed by atoms with Gasteiger partial charge in [0.15, 0.2) is 0 Å². The molecule has 3 nitrogen and oxygen atoms in total. The Balaban J connectivity index is 2.29. The Labute approximate surface area is 106 Å². The maximum atomic E-state index is 11.9. The van der Waals surface area contributed by atoms with Gasteiger partial charge in [0.1, 0.15) is 0 Å². The fourth-order valence-electron chi connectivity index (χ4n) is 2.77. The number of carbonyl (C=O) groups excluding carboxylic acids is 1. The quantitative estimate of drug-likeness (QED) is 0.776. The van der Waals surface area contributed by atoms with Gasteiger partial charge in [-0.2, -0.15) is 0 Å². The fourth-order valence-corrected chi connectivity index (χ4v) is 2.77. The number of nitrogens with two attached hydrogens (primary N) is 1. The molecule has 1 amide bonds. The molecule has 1 fully saturated rings. The number of hydrogen-bond acceptors (Lipinski definition) is 2. The van der Waals surface area contributed by atoms with E-state index in [1.807, 2.05) is 0 Å². The van der Waals surface area contributed by atoms with Crippen LogP contribution in [0.2, 0.25) is 0 Å². The molecule has 0 aromatic heterocycles. The number of amides is 1. The van der Waals surface area contributed by atoms with E-state index in [-0.39, 0.29) is 11.4 Å². The van der Waals surface area contributed by atoms with Crippen molar-refractivity contribution in [2.24, 2.45) is 11.7 Å². The van der Waals surface area contributed by atoms with Gasteiger partial charge >= 0.3 is 0 Å². The largest absolute Gasteiger partial charge is 0.351 e. The summed E-state index contributed by atoms with van der Waals surface area (Å²) < 4.78 is 0. The standard InChI is InChI=1S/C14H28N2O/c1-4-9-14(2,3)16-13(17)10-11-5-7-12(15)8-6-11/h11-12H,4-10,15H2,1-3H3,(H,16,17). The van der Waals surface area contributed by atoms with Crippen LogP contribution >= 0.6 is 0 Å². The van der Waals surface area contributed by atoms with Crippen molar-refractivity contribution in [3.63, 3.8) is 0 Å². The maximum absolute atomic E-state index is 11.9. The Hall–Kier alpha value is -0.570. The Morgan fingerprint density at radius 1 is 1.29 bits per heavy atom. The zero-order valence-corrected chi connectivity index (χ0v) is 11.6. The first kappa shape index (κ1) is 14.5. The van der Waals surface area contributed by atoms with Gasteiger partial charge in [0.05, 0.1) is 0 Å². The smallest absolute Gasteiger partial charge is 0.220 e. The van der Waals surface area contributed by atoms with Crippen molar-refractivity contribution in [2.75, 3.05) is 0 Å². The van der Waals surface area contributed by atoms with Gasteiger partial charge in [-0.15, -0.1) is 0 Å². The van der Waals surface area contributed by atoms with Crippen LogP contribution in [0.3, 0.4) is 0 Å². The van der Waals surface area contributed by atoms with Crippen molar-refractivity contribution in [3.05, 3.63) is 0 Å². The third-order valence-electron chi connectivity index (χ3n) is 3.72. The van der Waals surface area contributed by atoms with E-state index in [1.165, 1.54) is 0 Å². The molecule has 0 heterocycles. The molecule has 0 spiro atoms. The Kier molecular flexibility index (Phi) is 5.44. The highest BCUT2D eigenvalue weighted by molar-refractivity contribution is 5.76. The first-order valence-corrected chi connectivity index (χ1v) is 6.99. The van der Waals surface area contributed by atoms with Crippen LogP contribution in [-0.4, -0.2) is 17.5 Å². The van der Waals surface area contributed by atoms with Crippen molar-refractivity contribution in [1.29, 1.82) is 0 Å². The molecule has 0 radical (unpaired) electrons. The highest BCUT2D eigenvalue weighted by Gasteiger charge is 2.24. The lowest BCUT2D eigenvalue weighted by Gasteiger charge is -2.29. The molecule has 0 aromatic rings. The summed E-state index contributed by atoms with van der Waals surface area (Å²) in [6.45, 7) is 6.35. The second-order valence-corrected chi connectivity index (χ2v) is 6.17. The van der Waals surface area contributed by atoms with Crippen LogP contribution in [-0.2, 0) is 4.79 Å². The van der Waals surface area contributed by atoms with Gasteiger partial charge in [-0.1, -0.05) is 13.3 Å². The average molecular weight is 240 g/mol. The Morgan fingerprint density at radius 2 is 1.88 bits per heavy atom. The number of hydrogen-bond donors (Lipinski definition) is 2. The van der Waals surface area contributed by atoms with E-state index in [2.05, 4.69) is 26.1 Å². The molecular weight excluding hydrogens is 212 g/mol. The second kappa shape index (κ2) is 6.39. The van der Waals surface area contributed by atoms with Crippen molar-refractivity contribution >= 4 is 5.91 Å². The monoisotopic (exact) mass is 240 g/mol. The van der Waals surface area contributed by atoms with E-state index < -0.39 is 0 Å². The van der Waals surface area contributed by atoms with Crippen LogP contribution in [0, 0.1) is 5.92 Å². The second-order valence-electron chi connectivity index (χ2n) is 6.17. The third-order valence-corrected chi connectivity index (χ3v) is 3.72. The molecule has 3 N–H and O–H groups in total. The van der Waals surface area contributed by atoms with Gasteiger partial charge in [-0.05, 0) is 51.9 Å². The van der Waals surface area contributed by atoms with Gasteiger partial charge in [-0.3, -0.25) is 4.79 Å². The lowest BCUT2D eigenvalue weighted by atomic mass is 9.84. The molecule has 0 aliphatic heterocycles. The van der Waals surface area contributed by atoms with E-state index in [9.17, 15) is 4.79 Å². The lowest BCUT2D eigenvalue weighted by Crippen LogP contribution is -2.44. The molecule has 3 heteroatoms. The number of rotatable bonds is 5. The summed E-state index contributed by atoms with van der Waals surface area (Å²) in [4.78, 5) is 11.9. The number of nitrogens with one attached hydrogen (secondary N) is 1. The molecule has 17 heavy (non-hydrogen) atoms. The predicted molar refractivity (Wildman–Crippen MR) is 71.7 cm³/mol. The number of carbonyl (C=O) groups is 1. The lowest BCUT2D eigenvalue weighted by molar-refractivity contribution is -0.123. The van der Waals surface area contributed by atoms with Gasteiger partial charge in [0, 0.05) is 18.0 Å². The van der Waals surface area contributed by atoms with E-state index in [0.717, 1.165) is 38.5 Å². The maximum Gasteiger partial charge on any atom is 0.220 e. The molecule has 100 valence electrons. The molecule has 0 unspecified atom stereocenters. The SMILES string of the molecule is CCCC(C)(C)NC(=O)CC1CCC(N)CC1. The minimum atomic E-state index is -0.0586. The average Bonchev–Trinajstić information content (AvgIpc) is 2.20. The molecular formula is C14H28N2O. The molecule has 1 rings (SSSR count). The Morgan fingerprint density at radius 3 is 2.41 bits per heavy atom. The van der Waals surface area contributed by atoms with E-state index in [0.29, 0.717) is 18.4 Å². The topological polar surface area (TPSA) is 55.1 Å². The summed E-state index contributed by atoms with van der Waals surface area (Å²) in [5.41, 5.74) is 5.81. The van der Waals surface area contributed by atoms with Crippen molar-refractivity contribution < 1.29 is 4.79 Å². The predicted octanol–water partition coefficient (Wildman–Crippen LogP) is 2.59. The molecule has 0 aromatic carbocycles. The van der Waals surface area contributed by atoms with Crippen molar-refractivity contribution in [1.82, 2.24) is 5.32 Å². The molecule has 0 atom stereocenters. The van der Waals surface area contributed by atoms with Gasteiger partial charge in [0.2, 0.25) is 5.91 Å². The summed E-state index contributed by atoms with van der Waals surface area (Å²) in [6, 6.07) is 0.367. The van der Waals surface area contributed by atoms with Crippen LogP contribution in [0.1, 0.15) is 65.7 Å². The minimum absolute atomic E-state index is 0.0586. The highest BCUT2D eigenvalue weighted by atomic mass is 16.1. The van der Waals surface area contributed by atoms with Crippen LogP contribution in [0.15, 0.2) is 0 Å². The normalized spacial score (nSPS) is 25.6. The first-order chi connectivity index (χ1) is 7.93. The van der Waals surface area contributed by atoms with Gasteiger partial charge in [0.25, 0.3) is 0 Å². The Bertz CT molecular complexity index is 243. The summed E-state index contributed by atoms with van der Waals surface area (Å²) in [6.07, 6.45) is 7.21. The third kappa shape index (κ3) is 5.53. The summed E-state index contributed by atoms with van der Waals surface area (Å²) in [5.74, 6) is 0.760. The molecule has 1 aliphatic rings. The zero-order chi connectivity index (χ0) is 12.9. The van der Waals surface area contributed by atoms with E-state index >= 15 is 0 Å². The molecule has 1 saturated carbocycles. The molecule has 0 bridgehead atoms. The van der Waals surface area contributed by atoms with Gasteiger partial charge in [-0.25, -0.2) is 0 Å². The van der Waals surface area contributed by atoms with E-state index in [1.54, 1.807) is 0 Å². The first-order valence-electron chi connectivity index (χ1n) is 6.99. The van der Waals surface area contributed by atoms with Crippen LogP contribution in [0.25, 0.3) is 0 Å². The highest BCUT2D eigenvalue weighted by Crippen LogP contribution is 2.26. The minimum Gasteiger partial charge on any atom is -0.351 e. The summed E-state index contributed by atoms with van der Waals surface area (Å²) in [7, 11) is 0. The van der Waals surface area contributed by atoms with Gasteiger partial charge < -0.3 is 11.1 Å². The van der Waals surface area contributed by atoms with Crippen molar-refractivity contribution in [2.45, 2.75) is 77.3 Å². The zero-order valence-electron chi connectivity index (χ0n) is 11.6. The van der Waals surface area contributed by atoms with Crippen LogP contribution in [0.5, 0.6) is 0 Å². The summed E-state index contributed by atoms with van der Waals surface area (Å²) >= 11 is 0.